The molecule has 18 aromatic rings. The number of para-hydroxylation sites is 4. The van der Waals surface area contributed by atoms with Crippen molar-refractivity contribution in [2.45, 2.75) is 6.18 Å². The summed E-state index contributed by atoms with van der Waals surface area (Å²) >= 11 is 0. The molecule has 11 heteroatoms. The minimum atomic E-state index is -5.08. The van der Waals surface area contributed by atoms with E-state index >= 15 is 13.2 Å². The second kappa shape index (κ2) is 20.7. The van der Waals surface area contributed by atoms with E-state index in [1.807, 2.05) is 210 Å². The fraction of sp³-hybridized carbons (Fsp3) is 0.0123. The average molecular weight is 1190 g/mol. The molecule has 0 unspecified atom stereocenters. The van der Waals surface area contributed by atoms with Gasteiger partial charge < -0.3 is 18.3 Å². The van der Waals surface area contributed by atoms with Crippen LogP contribution in [0.4, 0.5) is 13.2 Å². The third kappa shape index (κ3) is 8.11. The first-order valence-electron chi connectivity index (χ1n) is 30.5. The standard InChI is InChI=1S/C81H49F3N8/c82-81(83,84)76-79(91-67-26-8-4-22-59(67)60-23-5-9-27-68(60)91)77(89-71-34-30-51(55-18-12-38-85-46-55)42-63(71)64-43-52(31-35-72(64)89)56-19-13-39-86-47-56)75(50-16-2-1-3-17-50)78(80(76)92-69-28-10-6-24-61(69)62-25-7-11-29-70(62)92)90-73-36-32-53(57-20-14-40-87-48-57)44-65(73)66-45-54(33-37-74(66)90)58-21-15-41-88-49-58/h1-49H. The number of pyridine rings is 4. The van der Waals surface area contributed by atoms with Crippen molar-refractivity contribution in [3.05, 3.63) is 304 Å². The largest absolute Gasteiger partial charge is 0.420 e. The van der Waals surface area contributed by atoms with Crippen LogP contribution in [0.25, 0.3) is 166 Å². The number of halogens is 3. The molecule has 434 valence electrons. The topological polar surface area (TPSA) is 71.3 Å². The average Bonchev–Trinajstić information content (AvgIpc) is 1.01. The molecule has 8 nitrogen and oxygen atoms in total. The van der Waals surface area contributed by atoms with Gasteiger partial charge in [0, 0.05) is 120 Å². The number of hydrogen-bond donors (Lipinski definition) is 0. The monoisotopic (exact) mass is 1190 g/mol. The Hall–Kier alpha value is -12.2. The van der Waals surface area contributed by atoms with Crippen molar-refractivity contribution in [3.8, 4) is 78.4 Å². The van der Waals surface area contributed by atoms with E-state index < -0.39 is 11.7 Å². The maximum Gasteiger partial charge on any atom is 0.420 e. The predicted octanol–water partition coefficient (Wildman–Crippen LogP) is 21.0. The highest BCUT2D eigenvalue weighted by Crippen LogP contribution is 2.56. The van der Waals surface area contributed by atoms with Gasteiger partial charge in [-0.25, -0.2) is 0 Å². The summed E-state index contributed by atoms with van der Waals surface area (Å²) in [7, 11) is 0. The summed E-state index contributed by atoms with van der Waals surface area (Å²) in [6.45, 7) is 0. The summed E-state index contributed by atoms with van der Waals surface area (Å²) in [5, 5.41) is 6.59. The zero-order valence-corrected chi connectivity index (χ0v) is 49.0. The first-order valence-corrected chi connectivity index (χ1v) is 30.5. The van der Waals surface area contributed by atoms with Gasteiger partial charge in [0.1, 0.15) is 5.56 Å². The smallest absolute Gasteiger partial charge is 0.306 e. The summed E-state index contributed by atoms with van der Waals surface area (Å²) in [6.07, 6.45) is 9.31. The van der Waals surface area contributed by atoms with Crippen LogP contribution in [0.5, 0.6) is 0 Å². The maximum absolute atomic E-state index is 19.0. The molecule has 8 aromatic heterocycles. The van der Waals surface area contributed by atoms with Gasteiger partial charge in [0.2, 0.25) is 0 Å². The molecule has 0 atom stereocenters. The minimum absolute atomic E-state index is 0.0423. The van der Waals surface area contributed by atoms with Crippen LogP contribution in [0.2, 0.25) is 0 Å². The van der Waals surface area contributed by atoms with E-state index in [2.05, 4.69) is 102 Å². The van der Waals surface area contributed by atoms with E-state index in [1.54, 1.807) is 24.8 Å². The molecule has 0 fully saturated rings. The maximum atomic E-state index is 19.0. The Morgan fingerprint density at radius 1 is 0.228 bits per heavy atom. The Bertz CT molecular complexity index is 5330. The third-order valence-electron chi connectivity index (χ3n) is 18.3. The Morgan fingerprint density at radius 2 is 0.489 bits per heavy atom. The van der Waals surface area contributed by atoms with Gasteiger partial charge in [-0.1, -0.05) is 152 Å². The van der Waals surface area contributed by atoms with Gasteiger partial charge in [-0.3, -0.25) is 19.9 Å². The van der Waals surface area contributed by atoms with Crippen molar-refractivity contribution in [3.63, 3.8) is 0 Å². The molecule has 0 bridgehead atoms. The molecule has 0 aliphatic carbocycles. The van der Waals surface area contributed by atoms with E-state index in [9.17, 15) is 0 Å². The van der Waals surface area contributed by atoms with Gasteiger partial charge in [0.25, 0.3) is 0 Å². The van der Waals surface area contributed by atoms with Crippen LogP contribution in [-0.4, -0.2) is 38.2 Å². The van der Waals surface area contributed by atoms with Crippen LogP contribution in [-0.2, 0) is 6.18 Å². The first-order chi connectivity index (χ1) is 45.3. The summed E-state index contributed by atoms with van der Waals surface area (Å²) < 4.78 is 65.1. The fourth-order valence-corrected chi connectivity index (χ4v) is 14.4. The van der Waals surface area contributed by atoms with Crippen molar-refractivity contribution in [2.24, 2.45) is 0 Å². The van der Waals surface area contributed by atoms with Crippen LogP contribution < -0.4 is 0 Å². The highest BCUT2D eigenvalue weighted by atomic mass is 19.4. The van der Waals surface area contributed by atoms with Gasteiger partial charge >= 0.3 is 6.18 Å². The summed E-state index contributed by atoms with van der Waals surface area (Å²) in [4.78, 5) is 18.1. The van der Waals surface area contributed by atoms with Crippen LogP contribution in [0, 0.1) is 0 Å². The Balaban J connectivity index is 1.14. The number of rotatable bonds is 9. The molecule has 0 aliphatic heterocycles. The molecule has 0 aliphatic rings. The number of hydrogen-bond acceptors (Lipinski definition) is 4. The number of benzene rings is 10. The molecule has 10 aromatic carbocycles. The Morgan fingerprint density at radius 3 is 0.772 bits per heavy atom. The van der Waals surface area contributed by atoms with Crippen LogP contribution in [0.15, 0.2) is 298 Å². The highest BCUT2D eigenvalue weighted by Gasteiger charge is 2.45. The summed E-state index contributed by atoms with van der Waals surface area (Å²) in [5.41, 5.74) is 13.4. The fourth-order valence-electron chi connectivity index (χ4n) is 14.4. The first kappa shape index (κ1) is 52.9. The molecule has 0 spiro atoms. The van der Waals surface area contributed by atoms with Crippen LogP contribution in [0.3, 0.4) is 0 Å². The lowest BCUT2D eigenvalue weighted by Gasteiger charge is -2.31. The molecule has 0 N–H and O–H groups in total. The predicted molar refractivity (Wildman–Crippen MR) is 367 cm³/mol. The van der Waals surface area contributed by atoms with E-state index in [0.717, 1.165) is 87.6 Å². The van der Waals surface area contributed by atoms with Crippen LogP contribution in [0.1, 0.15) is 5.56 Å². The SMILES string of the molecule is FC(F)(F)c1c(-n2c3ccccc3c3ccccc32)c(-n2c3ccc(-c4cccnc4)cc3c3cc(-c4cccnc4)ccc32)c(-c2ccccc2)c(-n2c3ccc(-c4cccnc4)cc3c3cc(-c4cccnc4)ccc32)c1-n1c2ccccc2c2ccccc21. The van der Waals surface area contributed by atoms with Gasteiger partial charge in [-0.2, -0.15) is 13.2 Å². The van der Waals surface area contributed by atoms with E-state index in [-0.39, 0.29) is 11.4 Å². The van der Waals surface area contributed by atoms with Gasteiger partial charge in [-0.05, 0) is 125 Å². The molecule has 18 rings (SSSR count). The van der Waals surface area contributed by atoms with Gasteiger partial charge in [0.05, 0.1) is 66.9 Å². The lowest BCUT2D eigenvalue weighted by Crippen LogP contribution is -2.22. The number of aromatic nitrogens is 8. The second-order valence-corrected chi connectivity index (χ2v) is 23.3. The molecular weight excluding hydrogens is 1140 g/mol. The van der Waals surface area contributed by atoms with Crippen molar-refractivity contribution >= 4 is 87.2 Å². The van der Waals surface area contributed by atoms with Crippen molar-refractivity contribution < 1.29 is 13.2 Å². The molecule has 8 heterocycles. The van der Waals surface area contributed by atoms with Crippen molar-refractivity contribution in [1.82, 2.24) is 38.2 Å². The lowest BCUT2D eigenvalue weighted by molar-refractivity contribution is -0.137. The summed E-state index contributed by atoms with van der Waals surface area (Å²) in [6, 6.07) is 82.3. The number of nitrogens with zero attached hydrogens (tertiary/aromatic N) is 8. The second-order valence-electron chi connectivity index (χ2n) is 23.3. The third-order valence-corrected chi connectivity index (χ3v) is 18.3. The molecular formula is C81H49F3N8. The zero-order chi connectivity index (χ0) is 61.2. The van der Waals surface area contributed by atoms with E-state index in [4.69, 9.17) is 0 Å². The normalized spacial score (nSPS) is 12.1. The molecule has 0 amide bonds. The van der Waals surface area contributed by atoms with Crippen molar-refractivity contribution in [1.29, 1.82) is 0 Å². The van der Waals surface area contributed by atoms with Crippen LogP contribution >= 0.6 is 0 Å². The Kier molecular flexibility index (Phi) is 11.9. The minimum Gasteiger partial charge on any atom is -0.306 e. The lowest BCUT2D eigenvalue weighted by atomic mass is 9.92. The quantitative estimate of drug-likeness (QED) is 0.144. The molecule has 0 radical (unpaired) electrons. The zero-order valence-electron chi connectivity index (χ0n) is 49.0. The molecule has 0 saturated heterocycles. The molecule has 92 heavy (non-hydrogen) atoms. The van der Waals surface area contributed by atoms with E-state index in [1.165, 1.54) is 0 Å². The number of alkyl halides is 3. The van der Waals surface area contributed by atoms with E-state index in [0.29, 0.717) is 66.6 Å². The van der Waals surface area contributed by atoms with Crippen molar-refractivity contribution in [2.75, 3.05) is 0 Å². The highest BCUT2D eigenvalue weighted by molar-refractivity contribution is 6.18. The Labute approximate surface area is 524 Å². The van der Waals surface area contributed by atoms with Gasteiger partial charge in [-0.15, -0.1) is 0 Å². The summed E-state index contributed by atoms with van der Waals surface area (Å²) in [5.74, 6) is 0. The molecule has 0 saturated carbocycles. The number of fused-ring (bicyclic) bond motifs is 12. The van der Waals surface area contributed by atoms with Gasteiger partial charge in [0.15, 0.2) is 0 Å².